The first-order valence-corrected chi connectivity index (χ1v) is 6.76. The van der Waals surface area contributed by atoms with E-state index in [4.69, 9.17) is 4.74 Å². The summed E-state index contributed by atoms with van der Waals surface area (Å²) in [6.07, 6.45) is 0.815. The Hall–Kier alpha value is -1.39. The van der Waals surface area contributed by atoms with E-state index in [-0.39, 0.29) is 5.82 Å². The molecule has 96 valence electrons. The van der Waals surface area contributed by atoms with Crippen LogP contribution in [0.2, 0.25) is 0 Å². The molecule has 0 bridgehead atoms. The van der Waals surface area contributed by atoms with Gasteiger partial charge in [0.1, 0.15) is 0 Å². The number of hydrogen-bond donors (Lipinski definition) is 1. The van der Waals surface area contributed by atoms with Crippen molar-refractivity contribution in [3.63, 3.8) is 0 Å². The van der Waals surface area contributed by atoms with Gasteiger partial charge in [-0.2, -0.15) is 0 Å². The molecule has 4 heteroatoms. The van der Waals surface area contributed by atoms with Crippen molar-refractivity contribution < 1.29 is 9.13 Å². The maximum Gasteiger partial charge on any atom is 0.165 e. The largest absolute Gasteiger partial charge is 0.490 e. The van der Waals surface area contributed by atoms with Crippen molar-refractivity contribution >= 4 is 11.3 Å². The second kappa shape index (κ2) is 6.52. The molecule has 0 radical (unpaired) electrons. The molecule has 0 aliphatic heterocycles. The van der Waals surface area contributed by atoms with Gasteiger partial charge in [-0.05, 0) is 36.2 Å². The third-order valence-electron chi connectivity index (χ3n) is 2.56. The van der Waals surface area contributed by atoms with E-state index in [9.17, 15) is 4.39 Å². The Kier molecular flexibility index (Phi) is 4.73. The summed E-state index contributed by atoms with van der Waals surface area (Å²) in [6.45, 7) is 1.16. The fraction of sp³-hybridized carbons (Fsp3) is 0.286. The molecule has 0 spiro atoms. The van der Waals surface area contributed by atoms with Gasteiger partial charge in [-0.15, -0.1) is 11.3 Å². The second-order valence-corrected chi connectivity index (χ2v) is 5.01. The predicted molar refractivity (Wildman–Crippen MR) is 72.7 cm³/mol. The Labute approximate surface area is 110 Å². The zero-order chi connectivity index (χ0) is 12.8. The Balaban J connectivity index is 1.89. The van der Waals surface area contributed by atoms with Crippen molar-refractivity contribution in [3.05, 3.63) is 52.0 Å². The van der Waals surface area contributed by atoms with Crippen LogP contribution in [0, 0.1) is 5.82 Å². The van der Waals surface area contributed by atoms with E-state index in [0.29, 0.717) is 18.9 Å². The smallest absolute Gasteiger partial charge is 0.165 e. The molecule has 2 nitrogen and oxygen atoms in total. The highest BCUT2D eigenvalue weighted by molar-refractivity contribution is 7.09. The molecule has 1 heterocycles. The summed E-state index contributed by atoms with van der Waals surface area (Å²) >= 11 is 1.69. The average Bonchev–Trinajstić information content (AvgIpc) is 2.85. The molecule has 0 atom stereocenters. The van der Waals surface area contributed by atoms with Gasteiger partial charge in [-0.1, -0.05) is 12.1 Å². The quantitative estimate of drug-likeness (QED) is 0.866. The standard InChI is InChI=1S/C14H16FNOS/c1-16-10-11-4-5-14(13(15)9-11)17-7-6-12-3-2-8-18-12/h2-5,8-9,16H,6-7,10H2,1H3. The third kappa shape index (κ3) is 3.55. The topological polar surface area (TPSA) is 21.3 Å². The molecule has 0 saturated carbocycles. The van der Waals surface area contributed by atoms with Gasteiger partial charge in [0, 0.05) is 17.8 Å². The SMILES string of the molecule is CNCc1ccc(OCCc2cccs2)c(F)c1. The first-order valence-electron chi connectivity index (χ1n) is 5.88. The van der Waals surface area contributed by atoms with Crippen molar-refractivity contribution in [1.82, 2.24) is 5.32 Å². The van der Waals surface area contributed by atoms with Crippen LogP contribution in [-0.4, -0.2) is 13.7 Å². The van der Waals surface area contributed by atoms with Gasteiger partial charge < -0.3 is 10.1 Å². The van der Waals surface area contributed by atoms with Crippen LogP contribution in [0.3, 0.4) is 0 Å². The van der Waals surface area contributed by atoms with E-state index in [1.165, 1.54) is 10.9 Å². The second-order valence-electron chi connectivity index (χ2n) is 3.97. The monoisotopic (exact) mass is 265 g/mol. The lowest BCUT2D eigenvalue weighted by atomic mass is 10.2. The Morgan fingerprint density at radius 2 is 2.22 bits per heavy atom. The molecule has 1 aromatic carbocycles. The molecule has 2 aromatic rings. The summed E-state index contributed by atoms with van der Waals surface area (Å²) in [5.41, 5.74) is 0.917. The molecule has 1 aromatic heterocycles. The first kappa shape index (κ1) is 13.1. The number of benzene rings is 1. The minimum absolute atomic E-state index is 0.297. The molecular weight excluding hydrogens is 249 g/mol. The van der Waals surface area contributed by atoms with Crippen LogP contribution in [-0.2, 0) is 13.0 Å². The zero-order valence-corrected chi connectivity index (χ0v) is 11.1. The van der Waals surface area contributed by atoms with Crippen LogP contribution in [0.1, 0.15) is 10.4 Å². The van der Waals surface area contributed by atoms with E-state index in [2.05, 4.69) is 11.4 Å². The number of rotatable bonds is 6. The normalized spacial score (nSPS) is 10.6. The predicted octanol–water partition coefficient (Wildman–Crippen LogP) is 3.23. The van der Waals surface area contributed by atoms with E-state index in [1.54, 1.807) is 17.4 Å². The van der Waals surface area contributed by atoms with Crippen molar-refractivity contribution in [1.29, 1.82) is 0 Å². The third-order valence-corrected chi connectivity index (χ3v) is 3.50. The summed E-state index contributed by atoms with van der Waals surface area (Å²) in [4.78, 5) is 1.25. The zero-order valence-electron chi connectivity index (χ0n) is 10.3. The van der Waals surface area contributed by atoms with Crippen molar-refractivity contribution in [3.8, 4) is 5.75 Å². The van der Waals surface area contributed by atoms with Crippen LogP contribution in [0.5, 0.6) is 5.75 Å². The Morgan fingerprint density at radius 3 is 2.89 bits per heavy atom. The highest BCUT2D eigenvalue weighted by Gasteiger charge is 2.04. The van der Waals surface area contributed by atoms with Gasteiger partial charge in [0.15, 0.2) is 11.6 Å². The van der Waals surface area contributed by atoms with E-state index < -0.39 is 0 Å². The van der Waals surface area contributed by atoms with Crippen molar-refractivity contribution in [2.45, 2.75) is 13.0 Å². The van der Waals surface area contributed by atoms with Crippen molar-refractivity contribution in [2.24, 2.45) is 0 Å². The van der Waals surface area contributed by atoms with E-state index in [1.807, 2.05) is 24.6 Å². The van der Waals surface area contributed by atoms with Gasteiger partial charge in [0.25, 0.3) is 0 Å². The maximum atomic E-state index is 13.7. The molecular formula is C14H16FNOS. The lowest BCUT2D eigenvalue weighted by Gasteiger charge is -2.08. The van der Waals surface area contributed by atoms with Gasteiger partial charge >= 0.3 is 0 Å². The lowest BCUT2D eigenvalue weighted by molar-refractivity contribution is 0.306. The summed E-state index contributed by atoms with van der Waals surface area (Å²) in [6, 6.07) is 9.14. The van der Waals surface area contributed by atoms with Gasteiger partial charge in [-0.3, -0.25) is 0 Å². The van der Waals surface area contributed by atoms with Crippen LogP contribution >= 0.6 is 11.3 Å². The summed E-state index contributed by atoms with van der Waals surface area (Å²) < 4.78 is 19.1. The molecule has 0 saturated heterocycles. The fourth-order valence-electron chi connectivity index (χ4n) is 1.69. The summed E-state index contributed by atoms with van der Waals surface area (Å²) in [5.74, 6) is 0.0281. The van der Waals surface area contributed by atoms with Gasteiger partial charge in [-0.25, -0.2) is 4.39 Å². The van der Waals surface area contributed by atoms with Crippen molar-refractivity contribution in [2.75, 3.05) is 13.7 Å². The number of thiophene rings is 1. The molecule has 0 aliphatic rings. The Bertz CT molecular complexity index is 485. The molecule has 1 N–H and O–H groups in total. The number of halogens is 1. The maximum absolute atomic E-state index is 13.7. The minimum Gasteiger partial charge on any atom is -0.490 e. The highest BCUT2D eigenvalue weighted by Crippen LogP contribution is 2.19. The molecule has 2 rings (SSSR count). The van der Waals surface area contributed by atoms with Gasteiger partial charge in [0.05, 0.1) is 6.61 Å². The molecule has 0 fully saturated rings. The van der Waals surface area contributed by atoms with E-state index in [0.717, 1.165) is 12.0 Å². The van der Waals surface area contributed by atoms with Crippen LogP contribution in [0.25, 0.3) is 0 Å². The fourth-order valence-corrected chi connectivity index (χ4v) is 2.38. The summed E-state index contributed by atoms with van der Waals surface area (Å²) in [7, 11) is 1.84. The molecule has 0 aliphatic carbocycles. The van der Waals surface area contributed by atoms with Crippen LogP contribution < -0.4 is 10.1 Å². The Morgan fingerprint density at radius 1 is 1.33 bits per heavy atom. The number of nitrogens with one attached hydrogen (secondary N) is 1. The average molecular weight is 265 g/mol. The first-order chi connectivity index (χ1) is 8.79. The lowest BCUT2D eigenvalue weighted by Crippen LogP contribution is -2.06. The minimum atomic E-state index is -0.297. The van der Waals surface area contributed by atoms with Crippen LogP contribution in [0.4, 0.5) is 4.39 Å². The molecule has 18 heavy (non-hydrogen) atoms. The van der Waals surface area contributed by atoms with Gasteiger partial charge in [0.2, 0.25) is 0 Å². The number of hydrogen-bond acceptors (Lipinski definition) is 3. The van der Waals surface area contributed by atoms with Crippen LogP contribution in [0.15, 0.2) is 35.7 Å². The molecule has 0 amide bonds. The number of ether oxygens (including phenoxy) is 1. The van der Waals surface area contributed by atoms with E-state index >= 15 is 0 Å². The summed E-state index contributed by atoms with van der Waals surface area (Å²) in [5, 5.41) is 5.02. The molecule has 0 unspecified atom stereocenters. The highest BCUT2D eigenvalue weighted by atomic mass is 32.1.